The summed E-state index contributed by atoms with van der Waals surface area (Å²) in [5, 5.41) is 0. The van der Waals surface area contributed by atoms with Crippen molar-refractivity contribution < 1.29 is 4.79 Å². The summed E-state index contributed by atoms with van der Waals surface area (Å²) < 4.78 is 0.835. The van der Waals surface area contributed by atoms with E-state index in [4.69, 9.17) is 5.73 Å². The van der Waals surface area contributed by atoms with Crippen LogP contribution in [-0.4, -0.2) is 24.0 Å². The molecular formula is C11H14BrN3O. The molecule has 0 aromatic carbocycles. The van der Waals surface area contributed by atoms with Gasteiger partial charge in [0.25, 0.3) is 0 Å². The van der Waals surface area contributed by atoms with Crippen LogP contribution in [0.2, 0.25) is 0 Å². The van der Waals surface area contributed by atoms with E-state index in [0.717, 1.165) is 36.4 Å². The summed E-state index contributed by atoms with van der Waals surface area (Å²) >= 11 is 3.35. The zero-order valence-electron chi connectivity index (χ0n) is 8.90. The number of primary amides is 1. The van der Waals surface area contributed by atoms with E-state index in [1.807, 2.05) is 18.2 Å². The molecule has 4 nitrogen and oxygen atoms in total. The number of carbonyl (C=O) groups is 1. The quantitative estimate of drug-likeness (QED) is 0.838. The van der Waals surface area contributed by atoms with Gasteiger partial charge in [-0.1, -0.05) is 6.07 Å². The third-order valence-corrected chi connectivity index (χ3v) is 3.36. The second-order valence-electron chi connectivity index (χ2n) is 3.98. The third-order valence-electron chi connectivity index (χ3n) is 2.92. The van der Waals surface area contributed by atoms with E-state index >= 15 is 0 Å². The van der Waals surface area contributed by atoms with Crippen molar-refractivity contribution in [2.45, 2.75) is 12.8 Å². The molecule has 2 N–H and O–H groups in total. The monoisotopic (exact) mass is 283 g/mol. The summed E-state index contributed by atoms with van der Waals surface area (Å²) in [6, 6.07) is 5.85. The first kappa shape index (κ1) is 11.4. The Hall–Kier alpha value is -1.10. The highest BCUT2D eigenvalue weighted by Gasteiger charge is 2.23. The van der Waals surface area contributed by atoms with Crippen molar-refractivity contribution in [3.8, 4) is 0 Å². The Balaban J connectivity index is 2.01. The summed E-state index contributed by atoms with van der Waals surface area (Å²) in [6.07, 6.45) is 1.65. The molecule has 86 valence electrons. The number of anilines is 1. The Labute approximate surface area is 103 Å². The van der Waals surface area contributed by atoms with Crippen LogP contribution >= 0.6 is 15.9 Å². The van der Waals surface area contributed by atoms with Gasteiger partial charge in [-0.15, -0.1) is 0 Å². The molecule has 16 heavy (non-hydrogen) atoms. The van der Waals surface area contributed by atoms with Crippen LogP contribution in [0.15, 0.2) is 22.8 Å². The molecule has 1 fully saturated rings. The maximum Gasteiger partial charge on any atom is 0.220 e. The number of hydrogen-bond donors (Lipinski definition) is 1. The van der Waals surface area contributed by atoms with Gasteiger partial charge in [-0.05, 0) is 40.9 Å². The Morgan fingerprint density at radius 1 is 1.44 bits per heavy atom. The molecule has 0 unspecified atom stereocenters. The number of carbonyl (C=O) groups excluding carboxylic acids is 1. The molecular weight excluding hydrogens is 270 g/mol. The van der Waals surface area contributed by atoms with E-state index in [1.165, 1.54) is 0 Å². The maximum absolute atomic E-state index is 11.0. The standard InChI is InChI=1S/C11H14BrN3O/c12-9-2-1-3-10(14-9)15-6-4-8(5-7-15)11(13)16/h1-3,8H,4-7H2,(H2,13,16). The van der Waals surface area contributed by atoms with Gasteiger partial charge >= 0.3 is 0 Å². The molecule has 1 aliphatic rings. The highest BCUT2D eigenvalue weighted by atomic mass is 79.9. The second-order valence-corrected chi connectivity index (χ2v) is 4.79. The van der Waals surface area contributed by atoms with Crippen LogP contribution in [0.4, 0.5) is 5.82 Å². The van der Waals surface area contributed by atoms with Gasteiger partial charge in [0, 0.05) is 19.0 Å². The fraction of sp³-hybridized carbons (Fsp3) is 0.455. The molecule has 1 aromatic rings. The van der Waals surface area contributed by atoms with Crippen molar-refractivity contribution in [2.75, 3.05) is 18.0 Å². The van der Waals surface area contributed by atoms with Gasteiger partial charge in [-0.25, -0.2) is 4.98 Å². The molecule has 5 heteroatoms. The lowest BCUT2D eigenvalue weighted by Gasteiger charge is -2.31. The van der Waals surface area contributed by atoms with E-state index in [0.29, 0.717) is 0 Å². The number of nitrogens with zero attached hydrogens (tertiary/aromatic N) is 2. The minimum atomic E-state index is -0.179. The van der Waals surface area contributed by atoms with Gasteiger partial charge in [0.1, 0.15) is 10.4 Å². The number of hydrogen-bond acceptors (Lipinski definition) is 3. The predicted molar refractivity (Wildman–Crippen MR) is 66.1 cm³/mol. The molecule has 2 rings (SSSR count). The fourth-order valence-electron chi connectivity index (χ4n) is 1.97. The lowest BCUT2D eigenvalue weighted by atomic mass is 9.96. The van der Waals surface area contributed by atoms with Gasteiger partial charge in [-0.2, -0.15) is 0 Å². The molecule has 1 amide bonds. The average Bonchev–Trinajstić information content (AvgIpc) is 2.29. The van der Waals surface area contributed by atoms with Crippen molar-refractivity contribution in [1.29, 1.82) is 0 Å². The third kappa shape index (κ3) is 2.52. The summed E-state index contributed by atoms with van der Waals surface area (Å²) in [5.74, 6) is 0.808. The maximum atomic E-state index is 11.0. The number of aromatic nitrogens is 1. The molecule has 2 heterocycles. The highest BCUT2D eigenvalue weighted by molar-refractivity contribution is 9.10. The van der Waals surface area contributed by atoms with E-state index in [2.05, 4.69) is 25.8 Å². The number of nitrogens with two attached hydrogens (primary N) is 1. The molecule has 1 aliphatic heterocycles. The first-order chi connectivity index (χ1) is 7.66. The Bertz CT molecular complexity index is 389. The normalized spacial score (nSPS) is 17.4. The highest BCUT2D eigenvalue weighted by Crippen LogP contribution is 2.22. The van der Waals surface area contributed by atoms with Crippen molar-refractivity contribution in [2.24, 2.45) is 11.7 Å². The Morgan fingerprint density at radius 3 is 2.69 bits per heavy atom. The van der Waals surface area contributed by atoms with Crippen LogP contribution in [0.3, 0.4) is 0 Å². The van der Waals surface area contributed by atoms with Crippen molar-refractivity contribution in [3.05, 3.63) is 22.8 Å². The summed E-state index contributed by atoms with van der Waals surface area (Å²) in [6.45, 7) is 1.69. The van der Waals surface area contributed by atoms with Crippen LogP contribution in [-0.2, 0) is 4.79 Å². The van der Waals surface area contributed by atoms with Gasteiger partial charge in [0.05, 0.1) is 0 Å². The molecule has 0 radical (unpaired) electrons. The molecule has 0 saturated carbocycles. The largest absolute Gasteiger partial charge is 0.369 e. The van der Waals surface area contributed by atoms with Gasteiger partial charge in [0.15, 0.2) is 0 Å². The Kier molecular flexibility index (Phi) is 3.43. The van der Waals surface area contributed by atoms with Crippen LogP contribution in [0.1, 0.15) is 12.8 Å². The molecule has 1 aromatic heterocycles. The van der Waals surface area contributed by atoms with Crippen LogP contribution in [0.5, 0.6) is 0 Å². The lowest BCUT2D eigenvalue weighted by molar-refractivity contribution is -0.122. The second kappa shape index (κ2) is 4.82. The molecule has 0 aliphatic carbocycles. The number of halogens is 1. The first-order valence-corrected chi connectivity index (χ1v) is 6.13. The van der Waals surface area contributed by atoms with Crippen molar-refractivity contribution in [3.63, 3.8) is 0 Å². The Morgan fingerprint density at radius 2 is 2.12 bits per heavy atom. The number of rotatable bonds is 2. The van der Waals surface area contributed by atoms with Crippen LogP contribution in [0.25, 0.3) is 0 Å². The zero-order chi connectivity index (χ0) is 11.5. The van der Waals surface area contributed by atoms with Crippen molar-refractivity contribution >= 4 is 27.7 Å². The van der Waals surface area contributed by atoms with Crippen LogP contribution in [0, 0.1) is 5.92 Å². The molecule has 0 spiro atoms. The minimum absolute atomic E-state index is 0.0309. The van der Waals surface area contributed by atoms with E-state index < -0.39 is 0 Å². The zero-order valence-corrected chi connectivity index (χ0v) is 10.5. The number of piperidine rings is 1. The predicted octanol–water partition coefficient (Wildman–Crippen LogP) is 1.55. The van der Waals surface area contributed by atoms with Gasteiger partial charge in [-0.3, -0.25) is 4.79 Å². The topological polar surface area (TPSA) is 59.2 Å². The van der Waals surface area contributed by atoms with E-state index in [-0.39, 0.29) is 11.8 Å². The number of pyridine rings is 1. The smallest absolute Gasteiger partial charge is 0.220 e. The minimum Gasteiger partial charge on any atom is -0.369 e. The lowest BCUT2D eigenvalue weighted by Crippen LogP contribution is -2.38. The van der Waals surface area contributed by atoms with E-state index in [1.54, 1.807) is 0 Å². The van der Waals surface area contributed by atoms with Crippen molar-refractivity contribution in [1.82, 2.24) is 4.98 Å². The number of amides is 1. The van der Waals surface area contributed by atoms with Gasteiger partial charge < -0.3 is 10.6 Å². The van der Waals surface area contributed by atoms with Gasteiger partial charge in [0.2, 0.25) is 5.91 Å². The average molecular weight is 284 g/mol. The molecule has 0 bridgehead atoms. The first-order valence-electron chi connectivity index (χ1n) is 5.33. The summed E-state index contributed by atoms with van der Waals surface area (Å²) in [7, 11) is 0. The summed E-state index contributed by atoms with van der Waals surface area (Å²) in [4.78, 5) is 17.6. The molecule has 0 atom stereocenters. The van der Waals surface area contributed by atoms with E-state index in [9.17, 15) is 4.79 Å². The SMILES string of the molecule is NC(=O)C1CCN(c2cccc(Br)n2)CC1. The fourth-order valence-corrected chi connectivity index (χ4v) is 2.30. The summed E-state index contributed by atoms with van der Waals surface area (Å²) in [5.41, 5.74) is 5.29. The molecule has 1 saturated heterocycles. The van der Waals surface area contributed by atoms with Crippen LogP contribution < -0.4 is 10.6 Å².